The van der Waals surface area contributed by atoms with Gasteiger partial charge < -0.3 is 20.3 Å². The normalized spacial score (nSPS) is 15.5. The summed E-state index contributed by atoms with van der Waals surface area (Å²) in [6.07, 6.45) is 16.5. The second-order valence-electron chi connectivity index (χ2n) is 11.7. The van der Waals surface area contributed by atoms with Crippen LogP contribution in [0.4, 0.5) is 4.79 Å². The van der Waals surface area contributed by atoms with Gasteiger partial charge in [0.15, 0.2) is 0 Å². The van der Waals surface area contributed by atoms with Crippen LogP contribution in [0.15, 0.2) is 24.3 Å². The Morgan fingerprint density at radius 1 is 1.03 bits per heavy atom. The molecule has 1 fully saturated rings. The van der Waals surface area contributed by atoms with Crippen molar-refractivity contribution in [3.63, 3.8) is 0 Å². The van der Waals surface area contributed by atoms with E-state index >= 15 is 0 Å². The zero-order valence-corrected chi connectivity index (χ0v) is 24.7. The van der Waals surface area contributed by atoms with Gasteiger partial charge in [0.2, 0.25) is 11.8 Å². The van der Waals surface area contributed by atoms with Gasteiger partial charge in [0.05, 0.1) is 0 Å². The predicted molar refractivity (Wildman–Crippen MR) is 156 cm³/mol. The fourth-order valence-electron chi connectivity index (χ4n) is 4.99. The summed E-state index contributed by atoms with van der Waals surface area (Å²) >= 11 is 0. The largest absolute Gasteiger partial charge is 0.444 e. The highest BCUT2D eigenvalue weighted by molar-refractivity contribution is 5.92. The van der Waals surface area contributed by atoms with E-state index in [0.29, 0.717) is 17.7 Å². The smallest absolute Gasteiger partial charge is 0.408 e. The fourth-order valence-corrected chi connectivity index (χ4v) is 4.99. The number of amides is 3. The van der Waals surface area contributed by atoms with E-state index in [-0.39, 0.29) is 17.9 Å². The Bertz CT molecular complexity index is 955. The summed E-state index contributed by atoms with van der Waals surface area (Å²) in [6, 6.07) is 5.65. The molecule has 7 nitrogen and oxygen atoms in total. The molecule has 1 saturated carbocycles. The molecule has 0 heterocycles. The van der Waals surface area contributed by atoms with Crippen LogP contribution in [-0.4, -0.2) is 47.0 Å². The first kappa shape index (κ1) is 32.2. The van der Waals surface area contributed by atoms with Crippen molar-refractivity contribution in [3.05, 3.63) is 35.4 Å². The monoisotopic (exact) mass is 539 g/mol. The number of alkyl carbamates (subject to hydrolysis) is 1. The van der Waals surface area contributed by atoms with Crippen molar-refractivity contribution in [3.8, 4) is 12.3 Å². The molecule has 2 atom stereocenters. The van der Waals surface area contributed by atoms with E-state index in [0.717, 1.165) is 57.8 Å². The van der Waals surface area contributed by atoms with Gasteiger partial charge in [-0.1, -0.05) is 76.3 Å². The molecule has 7 heteroatoms. The number of rotatable bonds is 13. The van der Waals surface area contributed by atoms with Gasteiger partial charge in [-0.2, -0.15) is 0 Å². The lowest BCUT2D eigenvalue weighted by Gasteiger charge is -2.35. The SMILES string of the molecule is C#Cc1ccc(C(C(=O)NC2CCCCC2)N(CCCCCCCC)C(=O)C(C)NC(=O)OC(C)(C)C)cc1. The lowest BCUT2D eigenvalue weighted by atomic mass is 9.94. The van der Waals surface area contributed by atoms with Crippen LogP contribution in [0.3, 0.4) is 0 Å². The number of hydrogen-bond acceptors (Lipinski definition) is 4. The first-order valence-electron chi connectivity index (χ1n) is 14.7. The van der Waals surface area contributed by atoms with E-state index in [4.69, 9.17) is 11.2 Å². The number of carbonyl (C=O) groups is 3. The van der Waals surface area contributed by atoms with Crippen LogP contribution >= 0.6 is 0 Å². The van der Waals surface area contributed by atoms with E-state index < -0.39 is 23.8 Å². The Hall–Kier alpha value is -3.01. The van der Waals surface area contributed by atoms with Gasteiger partial charge in [-0.05, 0) is 64.7 Å². The lowest BCUT2D eigenvalue weighted by molar-refractivity contribution is -0.142. The van der Waals surface area contributed by atoms with Crippen molar-refractivity contribution >= 4 is 17.9 Å². The van der Waals surface area contributed by atoms with Gasteiger partial charge in [0, 0.05) is 18.2 Å². The molecule has 0 spiro atoms. The molecule has 2 N–H and O–H groups in total. The molecule has 0 radical (unpaired) electrons. The minimum Gasteiger partial charge on any atom is -0.444 e. The van der Waals surface area contributed by atoms with Gasteiger partial charge in [-0.25, -0.2) is 4.79 Å². The number of nitrogens with zero attached hydrogens (tertiary/aromatic N) is 1. The number of benzene rings is 1. The van der Waals surface area contributed by atoms with E-state index in [1.165, 1.54) is 12.8 Å². The lowest BCUT2D eigenvalue weighted by Crippen LogP contribution is -2.53. The molecule has 1 aromatic rings. The quantitative estimate of drug-likeness (QED) is 0.229. The highest BCUT2D eigenvalue weighted by atomic mass is 16.6. The zero-order chi connectivity index (χ0) is 28.8. The van der Waals surface area contributed by atoms with Crippen LogP contribution in [0.1, 0.15) is 122 Å². The molecular formula is C32H49N3O4. The summed E-state index contributed by atoms with van der Waals surface area (Å²) in [5, 5.41) is 5.89. The van der Waals surface area contributed by atoms with Crippen LogP contribution in [0.2, 0.25) is 0 Å². The van der Waals surface area contributed by atoms with E-state index in [9.17, 15) is 14.4 Å². The highest BCUT2D eigenvalue weighted by Gasteiger charge is 2.35. The van der Waals surface area contributed by atoms with E-state index in [1.807, 2.05) is 12.1 Å². The fraction of sp³-hybridized carbons (Fsp3) is 0.656. The summed E-state index contributed by atoms with van der Waals surface area (Å²) in [5.41, 5.74) is 0.719. The molecule has 1 aliphatic carbocycles. The molecule has 0 aromatic heterocycles. The van der Waals surface area contributed by atoms with Crippen molar-refractivity contribution < 1.29 is 19.1 Å². The number of ether oxygens (including phenoxy) is 1. The van der Waals surface area contributed by atoms with Crippen LogP contribution in [-0.2, 0) is 14.3 Å². The standard InChI is InChI=1S/C32H49N3O4/c1-7-9-10-11-12-16-23-35(30(37)24(3)33-31(38)39-32(4,5)6)28(26-21-19-25(8-2)20-22-26)29(36)34-27-17-14-13-15-18-27/h2,19-22,24,27-28H,7,9-18,23H2,1,3-6H3,(H,33,38)(H,34,36). The van der Waals surface area contributed by atoms with Crippen molar-refractivity contribution in [2.24, 2.45) is 0 Å². The van der Waals surface area contributed by atoms with Crippen LogP contribution in [0, 0.1) is 12.3 Å². The first-order valence-corrected chi connectivity index (χ1v) is 14.7. The maximum Gasteiger partial charge on any atom is 0.408 e. The number of nitrogens with one attached hydrogen (secondary N) is 2. The molecule has 3 amide bonds. The number of unbranched alkanes of at least 4 members (excludes halogenated alkanes) is 5. The molecule has 0 aliphatic heterocycles. The van der Waals surface area contributed by atoms with Gasteiger partial charge in [0.25, 0.3) is 0 Å². The molecular weight excluding hydrogens is 490 g/mol. The molecule has 39 heavy (non-hydrogen) atoms. The summed E-state index contributed by atoms with van der Waals surface area (Å²) < 4.78 is 5.37. The predicted octanol–water partition coefficient (Wildman–Crippen LogP) is 6.26. The summed E-state index contributed by atoms with van der Waals surface area (Å²) in [7, 11) is 0. The van der Waals surface area contributed by atoms with Crippen LogP contribution in [0.25, 0.3) is 0 Å². The van der Waals surface area contributed by atoms with Gasteiger partial charge in [-0.3, -0.25) is 9.59 Å². The Morgan fingerprint density at radius 3 is 2.23 bits per heavy atom. The van der Waals surface area contributed by atoms with Crippen molar-refractivity contribution in [2.45, 2.75) is 129 Å². The minimum atomic E-state index is -0.866. The molecule has 1 aliphatic rings. The number of carbonyl (C=O) groups excluding carboxylic acids is 3. The van der Waals surface area contributed by atoms with Crippen molar-refractivity contribution in [1.82, 2.24) is 15.5 Å². The number of terminal acetylenes is 1. The molecule has 216 valence electrons. The van der Waals surface area contributed by atoms with Gasteiger partial charge in [-0.15, -0.1) is 6.42 Å². The maximum absolute atomic E-state index is 13.9. The Balaban J connectivity index is 2.33. The minimum absolute atomic E-state index is 0.0991. The molecule has 0 saturated heterocycles. The molecule has 0 bridgehead atoms. The maximum atomic E-state index is 13.9. The van der Waals surface area contributed by atoms with E-state index in [1.54, 1.807) is 44.7 Å². The third kappa shape index (κ3) is 11.3. The topological polar surface area (TPSA) is 87.7 Å². The zero-order valence-electron chi connectivity index (χ0n) is 24.7. The van der Waals surface area contributed by atoms with Gasteiger partial charge in [0.1, 0.15) is 17.7 Å². The third-order valence-electron chi connectivity index (χ3n) is 7.04. The van der Waals surface area contributed by atoms with Gasteiger partial charge >= 0.3 is 6.09 Å². The Labute approximate surface area is 235 Å². The summed E-state index contributed by atoms with van der Waals surface area (Å²) in [4.78, 5) is 41.8. The summed E-state index contributed by atoms with van der Waals surface area (Å²) in [6.45, 7) is 9.55. The van der Waals surface area contributed by atoms with E-state index in [2.05, 4.69) is 23.5 Å². The van der Waals surface area contributed by atoms with Crippen LogP contribution < -0.4 is 10.6 Å². The first-order chi connectivity index (χ1) is 18.6. The number of hydrogen-bond donors (Lipinski definition) is 2. The Morgan fingerprint density at radius 2 is 1.64 bits per heavy atom. The average Bonchev–Trinajstić information content (AvgIpc) is 2.89. The summed E-state index contributed by atoms with van der Waals surface area (Å²) in [5.74, 6) is 2.10. The molecule has 2 unspecified atom stereocenters. The second kappa shape index (κ2) is 16.2. The second-order valence-corrected chi connectivity index (χ2v) is 11.7. The van der Waals surface area contributed by atoms with Crippen molar-refractivity contribution in [2.75, 3.05) is 6.54 Å². The van der Waals surface area contributed by atoms with Crippen molar-refractivity contribution in [1.29, 1.82) is 0 Å². The molecule has 1 aromatic carbocycles. The van der Waals surface area contributed by atoms with Crippen LogP contribution in [0.5, 0.6) is 0 Å². The third-order valence-corrected chi connectivity index (χ3v) is 7.04. The molecule has 2 rings (SSSR count). The highest BCUT2D eigenvalue weighted by Crippen LogP contribution is 2.26. The Kier molecular flexibility index (Phi) is 13.4. The average molecular weight is 540 g/mol.